The van der Waals surface area contributed by atoms with Crippen LogP contribution in [-0.4, -0.2) is 41.5 Å². The van der Waals surface area contributed by atoms with Crippen molar-refractivity contribution in [2.75, 3.05) is 5.75 Å². The van der Waals surface area contributed by atoms with Gasteiger partial charge in [0.05, 0.1) is 11.5 Å². The molecule has 29 heavy (non-hydrogen) atoms. The minimum absolute atomic E-state index is 0.0528. The first kappa shape index (κ1) is 23.3. The Morgan fingerprint density at radius 1 is 1.10 bits per heavy atom. The Hall–Kier alpha value is -1.93. The average molecular weight is 424 g/mol. The molecule has 0 saturated heterocycles. The van der Waals surface area contributed by atoms with Gasteiger partial charge >= 0.3 is 0 Å². The maximum atomic E-state index is 12.9. The fourth-order valence-corrected chi connectivity index (χ4v) is 5.10. The lowest BCUT2D eigenvalue weighted by Crippen LogP contribution is -2.49. The second-order valence-corrected chi connectivity index (χ2v) is 9.45. The van der Waals surface area contributed by atoms with Crippen molar-refractivity contribution >= 4 is 21.6 Å². The number of hydroxylamine groups is 1. The predicted octanol–water partition coefficient (Wildman–Crippen LogP) is 3.83. The van der Waals surface area contributed by atoms with Crippen molar-refractivity contribution in [3.8, 4) is 0 Å². The van der Waals surface area contributed by atoms with Gasteiger partial charge in [-0.3, -0.25) is 10.0 Å². The molecule has 0 radical (unpaired) electrons. The van der Waals surface area contributed by atoms with Crippen LogP contribution in [0.1, 0.15) is 76.7 Å². The van der Waals surface area contributed by atoms with E-state index in [2.05, 4.69) is 12.0 Å². The Morgan fingerprint density at radius 3 is 2.34 bits per heavy atom. The SMILES string of the molecule is CCCCCCCCCCS(=O)(=O)N1N=C(c2ccccc2)CCC1C(=O)NO. The normalized spacial score (nSPS) is 17.1. The molecule has 7 nitrogen and oxygen atoms in total. The quantitative estimate of drug-likeness (QED) is 0.303. The molecule has 1 unspecified atom stereocenters. The number of hydrazone groups is 1. The lowest BCUT2D eigenvalue weighted by molar-refractivity contribution is -0.133. The lowest BCUT2D eigenvalue weighted by Gasteiger charge is -2.31. The summed E-state index contributed by atoms with van der Waals surface area (Å²) < 4.78 is 26.8. The fraction of sp³-hybridized carbons (Fsp3) is 0.619. The van der Waals surface area contributed by atoms with Gasteiger partial charge in [-0.1, -0.05) is 82.2 Å². The summed E-state index contributed by atoms with van der Waals surface area (Å²) in [6, 6.07) is 8.33. The van der Waals surface area contributed by atoms with Crippen LogP contribution in [-0.2, 0) is 14.8 Å². The maximum absolute atomic E-state index is 12.9. The smallest absolute Gasteiger partial charge is 0.269 e. The van der Waals surface area contributed by atoms with Crippen LogP contribution in [0.5, 0.6) is 0 Å². The summed E-state index contributed by atoms with van der Waals surface area (Å²) in [6.07, 6.45) is 9.13. The molecule has 1 heterocycles. The van der Waals surface area contributed by atoms with Gasteiger partial charge in [-0.15, -0.1) is 0 Å². The molecule has 0 aromatic heterocycles. The number of hydrogen-bond donors (Lipinski definition) is 2. The monoisotopic (exact) mass is 423 g/mol. The predicted molar refractivity (Wildman–Crippen MR) is 114 cm³/mol. The molecule has 1 aromatic carbocycles. The average Bonchev–Trinajstić information content (AvgIpc) is 2.75. The third-order valence-electron chi connectivity index (χ3n) is 5.20. The molecule has 0 bridgehead atoms. The number of hydrogen-bond acceptors (Lipinski definition) is 5. The topological polar surface area (TPSA) is 99.1 Å². The summed E-state index contributed by atoms with van der Waals surface area (Å²) in [7, 11) is -3.76. The number of unbranched alkanes of at least 4 members (excludes halogenated alkanes) is 7. The van der Waals surface area contributed by atoms with Crippen LogP contribution < -0.4 is 5.48 Å². The van der Waals surface area contributed by atoms with Crippen LogP contribution in [0.25, 0.3) is 0 Å². The van der Waals surface area contributed by atoms with Crippen LogP contribution in [0.3, 0.4) is 0 Å². The van der Waals surface area contributed by atoms with E-state index < -0.39 is 22.0 Å². The summed E-state index contributed by atoms with van der Waals surface area (Å²) in [5, 5.41) is 13.3. The van der Waals surface area contributed by atoms with E-state index in [4.69, 9.17) is 5.21 Å². The van der Waals surface area contributed by atoms with Crippen LogP contribution in [0.15, 0.2) is 35.4 Å². The summed E-state index contributed by atoms with van der Waals surface area (Å²) in [5.74, 6) is -0.803. The molecule has 1 aliphatic rings. The maximum Gasteiger partial charge on any atom is 0.269 e. The van der Waals surface area contributed by atoms with Crippen LogP contribution >= 0.6 is 0 Å². The van der Waals surface area contributed by atoms with Crippen molar-refractivity contribution in [1.82, 2.24) is 9.89 Å². The van der Waals surface area contributed by atoms with Crippen molar-refractivity contribution in [2.45, 2.75) is 77.2 Å². The molecular formula is C21H33N3O4S. The third-order valence-corrected chi connectivity index (χ3v) is 6.91. The zero-order valence-electron chi connectivity index (χ0n) is 17.2. The molecular weight excluding hydrogens is 390 g/mol. The van der Waals surface area contributed by atoms with E-state index in [0.717, 1.165) is 29.2 Å². The minimum atomic E-state index is -3.76. The fourth-order valence-electron chi connectivity index (χ4n) is 3.53. The van der Waals surface area contributed by atoms with E-state index in [1.165, 1.54) is 25.7 Å². The summed E-state index contributed by atoms with van der Waals surface area (Å²) in [6.45, 7) is 2.18. The van der Waals surface area contributed by atoms with E-state index in [9.17, 15) is 13.2 Å². The van der Waals surface area contributed by atoms with Crippen molar-refractivity contribution < 1.29 is 18.4 Å². The number of benzene rings is 1. The van der Waals surface area contributed by atoms with Gasteiger partial charge in [-0.05, 0) is 24.8 Å². The van der Waals surface area contributed by atoms with E-state index in [0.29, 0.717) is 18.6 Å². The van der Waals surface area contributed by atoms with Gasteiger partial charge in [0, 0.05) is 0 Å². The molecule has 8 heteroatoms. The van der Waals surface area contributed by atoms with Crippen molar-refractivity contribution in [1.29, 1.82) is 0 Å². The highest BCUT2D eigenvalue weighted by atomic mass is 32.2. The van der Waals surface area contributed by atoms with Crippen molar-refractivity contribution in [3.63, 3.8) is 0 Å². The molecule has 2 rings (SSSR count). The molecule has 0 aliphatic carbocycles. The molecule has 1 atom stereocenters. The van der Waals surface area contributed by atoms with Gasteiger partial charge < -0.3 is 0 Å². The number of sulfonamides is 1. The Balaban J connectivity index is 2.01. The number of carbonyl (C=O) groups is 1. The van der Waals surface area contributed by atoms with Gasteiger partial charge in [0.1, 0.15) is 6.04 Å². The first-order chi connectivity index (χ1) is 14.0. The first-order valence-electron chi connectivity index (χ1n) is 10.6. The minimum Gasteiger partial charge on any atom is -0.289 e. The van der Waals surface area contributed by atoms with Gasteiger partial charge in [0.25, 0.3) is 15.9 Å². The van der Waals surface area contributed by atoms with Crippen LogP contribution in [0, 0.1) is 0 Å². The van der Waals surface area contributed by atoms with Crippen LogP contribution in [0.4, 0.5) is 0 Å². The summed E-state index contributed by atoms with van der Waals surface area (Å²) in [5.41, 5.74) is 3.05. The second-order valence-electron chi connectivity index (χ2n) is 7.51. The first-order valence-corrected chi connectivity index (χ1v) is 12.2. The zero-order chi connectivity index (χ0) is 21.1. The van der Waals surface area contributed by atoms with E-state index in [1.54, 1.807) is 5.48 Å². The third kappa shape index (κ3) is 7.12. The number of nitrogens with one attached hydrogen (secondary N) is 1. The van der Waals surface area contributed by atoms with Crippen molar-refractivity contribution in [3.05, 3.63) is 35.9 Å². The highest BCUT2D eigenvalue weighted by molar-refractivity contribution is 7.89. The molecule has 1 amide bonds. The van der Waals surface area contributed by atoms with Gasteiger partial charge in [-0.2, -0.15) is 9.52 Å². The van der Waals surface area contributed by atoms with Gasteiger partial charge in [0.15, 0.2) is 0 Å². The second kappa shape index (κ2) is 11.9. The Labute approximate surface area is 174 Å². The van der Waals surface area contributed by atoms with Crippen LogP contribution in [0.2, 0.25) is 0 Å². The largest absolute Gasteiger partial charge is 0.289 e. The summed E-state index contributed by atoms with van der Waals surface area (Å²) in [4.78, 5) is 12.0. The molecule has 0 saturated carbocycles. The van der Waals surface area contributed by atoms with Gasteiger partial charge in [-0.25, -0.2) is 13.9 Å². The highest BCUT2D eigenvalue weighted by Gasteiger charge is 2.37. The van der Waals surface area contributed by atoms with Crippen molar-refractivity contribution in [2.24, 2.45) is 5.10 Å². The van der Waals surface area contributed by atoms with E-state index in [1.807, 2.05) is 30.3 Å². The van der Waals surface area contributed by atoms with E-state index in [-0.39, 0.29) is 12.2 Å². The molecule has 1 aromatic rings. The molecule has 162 valence electrons. The number of rotatable bonds is 12. The standard InChI is InChI=1S/C21H33N3O4S/c1-2-3-4-5-6-7-8-12-17-29(27,28)24-20(21(25)23-26)16-15-19(22-24)18-13-10-9-11-14-18/h9-11,13-14,20,26H,2-8,12,15-17H2,1H3,(H,23,25). The Kier molecular flexibility index (Phi) is 9.60. The molecule has 0 spiro atoms. The highest BCUT2D eigenvalue weighted by Crippen LogP contribution is 2.24. The summed E-state index contributed by atoms with van der Waals surface area (Å²) >= 11 is 0. The Morgan fingerprint density at radius 2 is 1.72 bits per heavy atom. The van der Waals surface area contributed by atoms with Gasteiger partial charge in [0.2, 0.25) is 0 Å². The number of nitrogens with zero attached hydrogens (tertiary/aromatic N) is 2. The zero-order valence-corrected chi connectivity index (χ0v) is 18.0. The Bertz CT molecular complexity index is 765. The molecule has 0 fully saturated rings. The lowest BCUT2D eigenvalue weighted by atomic mass is 10.0. The molecule has 1 aliphatic heterocycles. The molecule has 2 N–H and O–H groups in total. The number of amides is 1. The van der Waals surface area contributed by atoms with E-state index >= 15 is 0 Å². The number of carbonyl (C=O) groups excluding carboxylic acids is 1.